The van der Waals surface area contributed by atoms with Crippen LogP contribution in [0.3, 0.4) is 0 Å². The first kappa shape index (κ1) is 34.7. The van der Waals surface area contributed by atoms with Crippen molar-refractivity contribution in [2.45, 2.75) is 25.5 Å². The Morgan fingerprint density at radius 3 is 2.55 bits per heavy atom. The van der Waals surface area contributed by atoms with Crippen molar-refractivity contribution in [1.29, 1.82) is 0 Å². The minimum absolute atomic E-state index is 0. The lowest BCUT2D eigenvalue weighted by atomic mass is 9.85. The van der Waals surface area contributed by atoms with Crippen molar-refractivity contribution in [2.75, 3.05) is 51.1 Å². The van der Waals surface area contributed by atoms with Crippen molar-refractivity contribution < 1.29 is 50.2 Å². The van der Waals surface area contributed by atoms with Gasteiger partial charge in [0, 0.05) is 37.3 Å². The van der Waals surface area contributed by atoms with Gasteiger partial charge < -0.3 is 37.2 Å². The van der Waals surface area contributed by atoms with E-state index < -0.39 is 35.5 Å². The largest absolute Gasteiger partial charge is 1.00 e. The number of ether oxygens (including phenoxy) is 2. The molecule has 3 amide bonds. The third-order valence-electron chi connectivity index (χ3n) is 7.49. The van der Waals surface area contributed by atoms with Crippen molar-refractivity contribution in [2.24, 2.45) is 5.10 Å². The number of hydrogen-bond acceptors (Lipinski definition) is 12. The molecule has 3 aromatic rings. The lowest BCUT2D eigenvalue weighted by molar-refractivity contribution is -0.119. The first-order valence-corrected chi connectivity index (χ1v) is 14.1. The predicted octanol–water partition coefficient (Wildman–Crippen LogP) is -1.89. The zero-order valence-corrected chi connectivity index (χ0v) is 26.0. The Morgan fingerprint density at radius 2 is 1.87 bits per heavy atom. The van der Waals surface area contributed by atoms with Crippen LogP contribution in [0.4, 0.5) is 24.1 Å². The van der Waals surface area contributed by atoms with E-state index in [9.17, 15) is 23.9 Å². The Labute approximate surface area is 273 Å². The third-order valence-corrected chi connectivity index (χ3v) is 7.49. The molecule has 16 nitrogen and oxygen atoms in total. The van der Waals surface area contributed by atoms with Crippen LogP contribution in [0.2, 0.25) is 0 Å². The maximum atomic E-state index is 15.2. The fourth-order valence-electron chi connectivity index (χ4n) is 5.11. The number of aromatic nitrogens is 4. The number of nitrogens with zero attached hydrogens (tertiary/aromatic N) is 9. The van der Waals surface area contributed by atoms with Crippen molar-refractivity contribution in [3.8, 4) is 5.69 Å². The minimum atomic E-state index is -2.07. The molecule has 2 aliphatic heterocycles. The molecule has 47 heavy (non-hydrogen) atoms. The van der Waals surface area contributed by atoms with Gasteiger partial charge >= 0.3 is 18.5 Å². The van der Waals surface area contributed by atoms with Gasteiger partial charge in [-0.3, -0.25) is 9.69 Å². The van der Waals surface area contributed by atoms with E-state index in [0.29, 0.717) is 17.4 Å². The number of aliphatic hydroxyl groups is 1. The standard InChI is InChI=1S/C28H30F2N10O6.ClH/c1-19(38-10-11-39(26(38)42)22-4-6-23(7-5-22)40-15-32-34-35-40)28(44,24-8-3-21(29)13-25(24)30)14-37-17-36(16-33-37)18-46-27(43)45-12-9-31-20(2)41;/h3-8,13,15,19,44H,9-12,14,17-18H2,1-2H3;1H/t19-,28+;/m1./s1. The molecule has 1 saturated heterocycles. The number of rotatable bonds is 12. The number of benzene rings is 2. The summed E-state index contributed by atoms with van der Waals surface area (Å²) < 4.78 is 40.4. The van der Waals surface area contributed by atoms with Gasteiger partial charge in [0.15, 0.2) is 6.67 Å². The Bertz CT molecular complexity index is 1580. The molecule has 0 aliphatic carbocycles. The zero-order chi connectivity index (χ0) is 32.8. The molecule has 2 aliphatic rings. The molecule has 2 aromatic carbocycles. The van der Waals surface area contributed by atoms with E-state index in [1.807, 2.05) is 0 Å². The lowest BCUT2D eigenvalue weighted by Gasteiger charge is -2.40. The van der Waals surface area contributed by atoms with Crippen molar-refractivity contribution in [1.82, 2.24) is 40.3 Å². The Balaban J connectivity index is 0.00000500. The number of amides is 3. The summed E-state index contributed by atoms with van der Waals surface area (Å²) in [6, 6.07) is 8.36. The average Bonchev–Trinajstić information content (AvgIpc) is 3.80. The summed E-state index contributed by atoms with van der Waals surface area (Å²) in [5, 5.41) is 31.1. The van der Waals surface area contributed by atoms with Gasteiger partial charge in [-0.2, -0.15) is 0 Å². The number of carbonyl (C=O) groups is 3. The summed E-state index contributed by atoms with van der Waals surface area (Å²) in [5.41, 5.74) is -1.02. The van der Waals surface area contributed by atoms with Crippen molar-refractivity contribution in [3.05, 3.63) is 66.0 Å². The average molecular weight is 677 g/mol. The van der Waals surface area contributed by atoms with E-state index in [0.717, 1.165) is 12.1 Å². The second kappa shape index (κ2) is 14.9. The van der Waals surface area contributed by atoms with Gasteiger partial charge in [-0.1, -0.05) is 11.0 Å². The maximum absolute atomic E-state index is 15.2. The fraction of sp³-hybridized carbons (Fsp3) is 0.393. The van der Waals surface area contributed by atoms with E-state index in [2.05, 4.69) is 32.3 Å². The minimum Gasteiger partial charge on any atom is -1.00 e. The summed E-state index contributed by atoms with van der Waals surface area (Å²) in [4.78, 5) is 40.7. The third kappa shape index (κ3) is 7.97. The van der Waals surface area contributed by atoms with Gasteiger partial charge in [0.2, 0.25) is 12.6 Å². The van der Waals surface area contributed by atoms with Gasteiger partial charge in [-0.25, -0.2) is 28.1 Å². The smallest absolute Gasteiger partial charge is 0.547 e. The highest BCUT2D eigenvalue weighted by Gasteiger charge is 2.48. The monoisotopic (exact) mass is 676 g/mol. The van der Waals surface area contributed by atoms with Crippen molar-refractivity contribution >= 4 is 30.1 Å². The van der Waals surface area contributed by atoms with Crippen LogP contribution in [0.1, 0.15) is 19.4 Å². The number of nitrogens with one attached hydrogen (secondary N) is 1. The summed E-state index contributed by atoms with van der Waals surface area (Å²) in [6.07, 6.45) is 3.09. The molecule has 0 spiro atoms. The zero-order valence-electron chi connectivity index (χ0n) is 25.3. The summed E-state index contributed by atoms with van der Waals surface area (Å²) in [5.74, 6) is -2.09. The van der Waals surface area contributed by atoms with Crippen LogP contribution in [0.25, 0.3) is 5.69 Å². The van der Waals surface area contributed by atoms with E-state index in [4.69, 9.17) is 9.47 Å². The van der Waals surface area contributed by atoms with Gasteiger partial charge in [0.25, 0.3) is 0 Å². The number of tetrazole rings is 1. The Kier molecular flexibility index (Phi) is 11.0. The molecule has 0 saturated carbocycles. The number of anilines is 1. The Hall–Kier alpha value is -5.19. The molecule has 2 N–H and O–H groups in total. The Morgan fingerprint density at radius 1 is 1.13 bits per heavy atom. The van der Waals surface area contributed by atoms with Crippen LogP contribution < -0.4 is 22.6 Å². The van der Waals surface area contributed by atoms with E-state index in [1.54, 1.807) is 31.2 Å². The number of β-amino-alcohol motifs (C(OH)–C–C–N with tert-alkyl or cyclic N) is 1. The van der Waals surface area contributed by atoms with Gasteiger partial charge in [0.1, 0.15) is 35.3 Å². The maximum Gasteiger partial charge on any atom is 0.547 e. The molecule has 0 unspecified atom stereocenters. The van der Waals surface area contributed by atoms with E-state index >= 15 is 4.39 Å². The molecule has 3 heterocycles. The predicted molar refractivity (Wildman–Crippen MR) is 155 cm³/mol. The molecule has 5 rings (SSSR count). The molecule has 0 bridgehead atoms. The number of hydrogen-bond donors (Lipinski definition) is 2. The van der Waals surface area contributed by atoms with E-state index in [1.165, 1.54) is 37.6 Å². The lowest BCUT2D eigenvalue weighted by Crippen LogP contribution is -3.00. The van der Waals surface area contributed by atoms with Gasteiger partial charge in [0.05, 0.1) is 24.8 Å². The first-order chi connectivity index (χ1) is 22.0. The van der Waals surface area contributed by atoms with Crippen LogP contribution in [-0.2, 0) is 19.9 Å². The number of carbonyl (C=O) groups excluding carboxylic acids is 3. The second-order valence-electron chi connectivity index (χ2n) is 10.5. The topological polar surface area (TPSA) is 171 Å². The fourth-order valence-corrected chi connectivity index (χ4v) is 5.11. The number of urea groups is 1. The molecular formula is C28H31ClF2N10O6. The normalized spacial score (nSPS) is 16.0. The van der Waals surface area contributed by atoms with Gasteiger partial charge in [-0.05, 0) is 47.7 Å². The van der Waals surface area contributed by atoms with Crippen LogP contribution >= 0.6 is 0 Å². The van der Waals surface area contributed by atoms with E-state index in [-0.39, 0.29) is 70.1 Å². The molecule has 2 atom stereocenters. The molecule has 19 heteroatoms. The highest BCUT2D eigenvalue weighted by Crippen LogP contribution is 2.35. The molecular weight excluding hydrogens is 646 g/mol. The second-order valence-corrected chi connectivity index (χ2v) is 10.5. The molecule has 0 radical (unpaired) electrons. The summed E-state index contributed by atoms with van der Waals surface area (Å²) >= 11 is 0. The molecule has 1 aromatic heterocycles. The van der Waals surface area contributed by atoms with Crippen LogP contribution in [-0.4, -0.2) is 117 Å². The number of halogens is 3. The SMILES string of the molecule is CC(=O)NCCOC(=O)OCN1[C+]=NN(C[C@@](O)(c2ccc(F)cc2F)[C@@H](C)N2CCN(c3ccc(-n4cnnn4)cc3)C2=O)C1.[Cl-]. The van der Waals surface area contributed by atoms with Gasteiger partial charge in [-0.15, -0.1) is 5.10 Å². The first-order valence-electron chi connectivity index (χ1n) is 14.1. The van der Waals surface area contributed by atoms with Crippen LogP contribution in [0, 0.1) is 11.6 Å². The van der Waals surface area contributed by atoms with Crippen LogP contribution in [0.5, 0.6) is 0 Å². The summed E-state index contributed by atoms with van der Waals surface area (Å²) in [7, 11) is 0. The molecule has 250 valence electrons. The quantitative estimate of drug-likeness (QED) is 0.125. The van der Waals surface area contributed by atoms with Crippen molar-refractivity contribution in [3.63, 3.8) is 0 Å². The number of hydrazone groups is 1. The summed E-state index contributed by atoms with van der Waals surface area (Å²) in [6.45, 7) is 2.78. The molecule has 1 fully saturated rings. The highest BCUT2D eigenvalue weighted by molar-refractivity contribution is 5.94. The highest BCUT2D eigenvalue weighted by atomic mass is 35.5. The van der Waals surface area contributed by atoms with Crippen LogP contribution in [0.15, 0.2) is 53.9 Å².